The Labute approximate surface area is 112 Å². The van der Waals surface area contributed by atoms with Crippen LogP contribution in [-0.4, -0.2) is 18.9 Å². The number of ketones is 1. The van der Waals surface area contributed by atoms with Crippen LogP contribution in [0.25, 0.3) is 0 Å². The first-order valence-corrected chi connectivity index (χ1v) is 5.93. The van der Waals surface area contributed by atoms with Crippen molar-refractivity contribution < 1.29 is 14.3 Å². The van der Waals surface area contributed by atoms with Crippen molar-refractivity contribution in [2.45, 2.75) is 67.7 Å². The van der Waals surface area contributed by atoms with E-state index in [4.69, 9.17) is 4.74 Å². The lowest BCUT2D eigenvalue weighted by Gasteiger charge is -2.32. The fraction of sp³-hybridized carbons (Fsp3) is 0.867. The normalized spacial score (nSPS) is 17.3. The Bertz CT molecular complexity index is 281. The minimum absolute atomic E-state index is 0. The maximum absolute atomic E-state index is 12.4. The second-order valence-electron chi connectivity index (χ2n) is 5.82. The predicted molar refractivity (Wildman–Crippen MR) is 75.5 cm³/mol. The van der Waals surface area contributed by atoms with E-state index in [9.17, 15) is 9.59 Å². The molecule has 0 spiro atoms. The minimum atomic E-state index is -0.453. The lowest BCUT2D eigenvalue weighted by atomic mass is 9.69. The standard InChI is InChI=1S/C13H22O3.2CH4/c1-12(2,3)11(15)13(7-5-6-8-13)9-10(14)16-4;;/h5-9H2,1-4H3;2*1H4. The Morgan fingerprint density at radius 1 is 1.11 bits per heavy atom. The van der Waals surface area contributed by atoms with Crippen LogP contribution in [0.1, 0.15) is 67.7 Å². The van der Waals surface area contributed by atoms with Crippen LogP contribution in [0.2, 0.25) is 0 Å². The molecule has 0 aromatic carbocycles. The van der Waals surface area contributed by atoms with Gasteiger partial charge in [-0.15, -0.1) is 0 Å². The first-order chi connectivity index (χ1) is 7.32. The number of esters is 1. The summed E-state index contributed by atoms with van der Waals surface area (Å²) in [6, 6.07) is 0. The van der Waals surface area contributed by atoms with E-state index in [0.29, 0.717) is 0 Å². The van der Waals surface area contributed by atoms with Crippen LogP contribution >= 0.6 is 0 Å². The fourth-order valence-corrected chi connectivity index (χ4v) is 2.68. The summed E-state index contributed by atoms with van der Waals surface area (Å²) in [5.41, 5.74) is -0.830. The molecular formula is C15H30O3. The van der Waals surface area contributed by atoms with E-state index in [1.807, 2.05) is 20.8 Å². The second kappa shape index (κ2) is 6.91. The molecule has 1 fully saturated rings. The van der Waals surface area contributed by atoms with Crippen molar-refractivity contribution in [3.05, 3.63) is 0 Å². The molecule has 1 saturated carbocycles. The Balaban J connectivity index is 0. The molecule has 0 unspecified atom stereocenters. The zero-order chi connectivity index (χ0) is 12.4. The highest BCUT2D eigenvalue weighted by Gasteiger charge is 2.46. The molecule has 0 aliphatic heterocycles. The summed E-state index contributed by atoms with van der Waals surface area (Å²) in [5.74, 6) is -0.0533. The quantitative estimate of drug-likeness (QED) is 0.719. The van der Waals surface area contributed by atoms with Gasteiger partial charge in [-0.25, -0.2) is 0 Å². The molecule has 0 aromatic rings. The number of rotatable bonds is 3. The zero-order valence-electron chi connectivity index (χ0n) is 10.8. The van der Waals surface area contributed by atoms with Gasteiger partial charge in [0.2, 0.25) is 0 Å². The third-order valence-corrected chi connectivity index (χ3v) is 3.43. The third kappa shape index (κ3) is 4.11. The molecule has 0 radical (unpaired) electrons. The zero-order valence-corrected chi connectivity index (χ0v) is 10.8. The molecule has 0 heterocycles. The van der Waals surface area contributed by atoms with Crippen LogP contribution in [0.5, 0.6) is 0 Å². The SMILES string of the molecule is C.C.COC(=O)CC1(C(=O)C(C)(C)C)CCCC1. The largest absolute Gasteiger partial charge is 0.469 e. The van der Waals surface area contributed by atoms with Gasteiger partial charge in [-0.05, 0) is 12.8 Å². The summed E-state index contributed by atoms with van der Waals surface area (Å²) < 4.78 is 4.71. The number of methoxy groups -OCH3 is 1. The Hall–Kier alpha value is -0.860. The maximum Gasteiger partial charge on any atom is 0.306 e. The molecule has 1 aliphatic rings. The Morgan fingerprint density at radius 3 is 1.89 bits per heavy atom. The molecule has 0 amide bonds. The second-order valence-corrected chi connectivity index (χ2v) is 5.82. The molecule has 0 bridgehead atoms. The van der Waals surface area contributed by atoms with Crippen molar-refractivity contribution in [1.82, 2.24) is 0 Å². The molecular weight excluding hydrogens is 228 g/mol. The van der Waals surface area contributed by atoms with Gasteiger partial charge in [0.05, 0.1) is 13.5 Å². The van der Waals surface area contributed by atoms with Gasteiger partial charge < -0.3 is 4.74 Å². The lowest BCUT2D eigenvalue weighted by Crippen LogP contribution is -2.39. The van der Waals surface area contributed by atoms with Crippen molar-refractivity contribution in [2.75, 3.05) is 7.11 Å². The van der Waals surface area contributed by atoms with Crippen molar-refractivity contribution in [3.63, 3.8) is 0 Å². The summed E-state index contributed by atoms with van der Waals surface area (Å²) in [4.78, 5) is 23.9. The Morgan fingerprint density at radius 2 is 1.56 bits per heavy atom. The summed E-state index contributed by atoms with van der Waals surface area (Å²) in [6.07, 6.45) is 3.99. The third-order valence-electron chi connectivity index (χ3n) is 3.43. The van der Waals surface area contributed by atoms with Crippen LogP contribution in [0.15, 0.2) is 0 Å². The van der Waals surface area contributed by atoms with E-state index in [2.05, 4.69) is 0 Å². The van der Waals surface area contributed by atoms with Gasteiger partial charge in [-0.3, -0.25) is 9.59 Å². The number of Topliss-reactive ketones (excluding diaryl/α,β-unsaturated/α-hetero) is 1. The van der Waals surface area contributed by atoms with Gasteiger partial charge in [0.15, 0.2) is 0 Å². The number of ether oxygens (including phenoxy) is 1. The van der Waals surface area contributed by atoms with Gasteiger partial charge in [0.1, 0.15) is 5.78 Å². The highest BCUT2D eigenvalue weighted by atomic mass is 16.5. The summed E-state index contributed by atoms with van der Waals surface area (Å²) in [6.45, 7) is 5.77. The maximum atomic E-state index is 12.4. The molecule has 1 rings (SSSR count). The van der Waals surface area contributed by atoms with Crippen LogP contribution < -0.4 is 0 Å². The molecule has 0 N–H and O–H groups in total. The van der Waals surface area contributed by atoms with Gasteiger partial charge in [0.25, 0.3) is 0 Å². The predicted octanol–water partition coefficient (Wildman–Crippen LogP) is 4.00. The smallest absolute Gasteiger partial charge is 0.306 e. The van der Waals surface area contributed by atoms with Crippen molar-refractivity contribution in [2.24, 2.45) is 10.8 Å². The minimum Gasteiger partial charge on any atom is -0.469 e. The Kier molecular flexibility index (Phi) is 7.48. The van der Waals surface area contributed by atoms with E-state index in [-0.39, 0.29) is 38.4 Å². The molecule has 0 aromatic heterocycles. The first kappa shape index (κ1) is 19.5. The van der Waals surface area contributed by atoms with E-state index in [1.54, 1.807) is 0 Å². The molecule has 1 aliphatic carbocycles. The average Bonchev–Trinajstić information content (AvgIpc) is 2.64. The van der Waals surface area contributed by atoms with Gasteiger partial charge in [-0.2, -0.15) is 0 Å². The molecule has 108 valence electrons. The van der Waals surface area contributed by atoms with Gasteiger partial charge >= 0.3 is 5.97 Å². The first-order valence-electron chi connectivity index (χ1n) is 5.93. The number of hydrogen-bond acceptors (Lipinski definition) is 3. The lowest BCUT2D eigenvalue weighted by molar-refractivity contribution is -0.149. The van der Waals surface area contributed by atoms with Crippen LogP contribution in [0.3, 0.4) is 0 Å². The van der Waals surface area contributed by atoms with Crippen molar-refractivity contribution in [1.29, 1.82) is 0 Å². The van der Waals surface area contributed by atoms with Gasteiger partial charge in [-0.1, -0.05) is 48.5 Å². The topological polar surface area (TPSA) is 43.4 Å². The van der Waals surface area contributed by atoms with E-state index in [0.717, 1.165) is 25.7 Å². The molecule has 0 atom stereocenters. The van der Waals surface area contributed by atoms with Crippen LogP contribution in [0.4, 0.5) is 0 Å². The molecule has 18 heavy (non-hydrogen) atoms. The monoisotopic (exact) mass is 258 g/mol. The molecule has 3 heteroatoms. The van der Waals surface area contributed by atoms with Gasteiger partial charge in [0, 0.05) is 10.8 Å². The fourth-order valence-electron chi connectivity index (χ4n) is 2.68. The van der Waals surface area contributed by atoms with E-state index in [1.165, 1.54) is 7.11 Å². The highest BCUT2D eigenvalue weighted by Crippen LogP contribution is 2.46. The van der Waals surface area contributed by atoms with E-state index >= 15 is 0 Å². The number of carbonyl (C=O) groups is 2. The molecule has 0 saturated heterocycles. The number of carbonyl (C=O) groups excluding carboxylic acids is 2. The van der Waals surface area contributed by atoms with E-state index < -0.39 is 5.41 Å². The van der Waals surface area contributed by atoms with Crippen molar-refractivity contribution >= 4 is 11.8 Å². The summed E-state index contributed by atoms with van der Waals surface area (Å²) in [7, 11) is 1.38. The van der Waals surface area contributed by atoms with Crippen molar-refractivity contribution in [3.8, 4) is 0 Å². The summed E-state index contributed by atoms with van der Waals surface area (Å²) >= 11 is 0. The van der Waals surface area contributed by atoms with Crippen LogP contribution in [-0.2, 0) is 14.3 Å². The summed E-state index contributed by atoms with van der Waals surface area (Å²) in [5, 5.41) is 0. The molecule has 3 nitrogen and oxygen atoms in total. The highest BCUT2D eigenvalue weighted by molar-refractivity contribution is 5.92. The van der Waals surface area contributed by atoms with Crippen LogP contribution in [0, 0.1) is 10.8 Å². The average molecular weight is 258 g/mol. The number of hydrogen-bond donors (Lipinski definition) is 0.